The SMILES string of the molecule is CCC(O[Si](C)(C)C)(c1cc(F)c2c(c1)C(=O)N([C@H](c1ccc(Cl)cc1)[C@H](C)C(=O)O)[C@@]2(OC)c1ccc(Cl)cc1)C1CCOCC1. The van der Waals surface area contributed by atoms with Crippen LogP contribution in [-0.4, -0.2) is 50.5 Å². The van der Waals surface area contributed by atoms with Crippen molar-refractivity contribution in [3.8, 4) is 0 Å². The maximum Gasteiger partial charge on any atom is 0.308 e. The Balaban J connectivity index is 1.82. The van der Waals surface area contributed by atoms with Gasteiger partial charge in [-0.3, -0.25) is 14.5 Å². The zero-order chi connectivity index (χ0) is 34.3. The smallest absolute Gasteiger partial charge is 0.308 e. The third kappa shape index (κ3) is 6.38. The van der Waals surface area contributed by atoms with Gasteiger partial charge < -0.3 is 19.0 Å². The topological polar surface area (TPSA) is 85.3 Å². The maximum atomic E-state index is 17.2. The fourth-order valence-electron chi connectivity index (χ4n) is 7.47. The molecule has 7 nitrogen and oxygen atoms in total. The van der Waals surface area contributed by atoms with E-state index < -0.39 is 49.3 Å². The number of halogens is 3. The van der Waals surface area contributed by atoms with Gasteiger partial charge in [-0.1, -0.05) is 54.4 Å². The lowest BCUT2D eigenvalue weighted by molar-refractivity contribution is -0.149. The number of rotatable bonds is 11. The third-order valence-corrected chi connectivity index (χ3v) is 11.0. The van der Waals surface area contributed by atoms with Gasteiger partial charge in [-0.15, -0.1) is 0 Å². The Morgan fingerprint density at radius 3 is 2.17 bits per heavy atom. The molecule has 0 bridgehead atoms. The predicted octanol–water partition coefficient (Wildman–Crippen LogP) is 8.78. The number of hydrogen-bond acceptors (Lipinski definition) is 5. The molecule has 2 heterocycles. The number of carbonyl (C=O) groups excluding carboxylic acids is 1. The lowest BCUT2D eigenvalue weighted by atomic mass is 9.74. The number of amides is 1. The molecular weight excluding hydrogens is 660 g/mol. The molecule has 0 radical (unpaired) electrons. The molecule has 5 rings (SSSR count). The molecule has 11 heteroatoms. The number of methoxy groups -OCH3 is 1. The summed E-state index contributed by atoms with van der Waals surface area (Å²) in [5, 5.41) is 11.2. The van der Waals surface area contributed by atoms with Crippen molar-refractivity contribution in [3.63, 3.8) is 0 Å². The summed E-state index contributed by atoms with van der Waals surface area (Å²) in [6, 6.07) is 15.4. The fourth-order valence-corrected chi connectivity index (χ4v) is 9.24. The van der Waals surface area contributed by atoms with Gasteiger partial charge in [-0.05, 0) is 99.3 Å². The lowest BCUT2D eigenvalue weighted by Crippen LogP contribution is -2.51. The van der Waals surface area contributed by atoms with Crippen molar-refractivity contribution in [2.24, 2.45) is 11.8 Å². The number of carboxylic acids is 1. The van der Waals surface area contributed by atoms with Crippen molar-refractivity contribution in [3.05, 3.63) is 104 Å². The molecule has 2 aliphatic heterocycles. The van der Waals surface area contributed by atoms with Crippen LogP contribution in [0.3, 0.4) is 0 Å². The molecular formula is C36H42Cl2FNO6Si. The highest BCUT2D eigenvalue weighted by molar-refractivity contribution is 6.69. The Morgan fingerprint density at radius 1 is 1.09 bits per heavy atom. The Bertz CT molecular complexity index is 1630. The number of ether oxygens (including phenoxy) is 2. The predicted molar refractivity (Wildman–Crippen MR) is 183 cm³/mol. The van der Waals surface area contributed by atoms with Gasteiger partial charge in [0.2, 0.25) is 0 Å². The van der Waals surface area contributed by atoms with E-state index in [0.29, 0.717) is 46.4 Å². The van der Waals surface area contributed by atoms with Crippen molar-refractivity contribution in [2.75, 3.05) is 20.3 Å². The van der Waals surface area contributed by atoms with Gasteiger partial charge in [-0.25, -0.2) is 4.39 Å². The molecule has 4 atom stereocenters. The van der Waals surface area contributed by atoms with Crippen LogP contribution in [0.1, 0.15) is 71.8 Å². The van der Waals surface area contributed by atoms with Crippen LogP contribution >= 0.6 is 23.2 Å². The first kappa shape index (κ1) is 35.5. The number of benzene rings is 3. The van der Waals surface area contributed by atoms with Crippen LogP contribution in [0, 0.1) is 17.7 Å². The Labute approximate surface area is 287 Å². The van der Waals surface area contributed by atoms with Crippen molar-refractivity contribution >= 4 is 43.4 Å². The van der Waals surface area contributed by atoms with E-state index in [1.807, 2.05) is 6.92 Å². The Kier molecular flexibility index (Phi) is 10.3. The Hall–Kier alpha value is -2.79. The van der Waals surface area contributed by atoms with Crippen molar-refractivity contribution < 1.29 is 33.0 Å². The van der Waals surface area contributed by atoms with Crippen molar-refractivity contribution in [1.82, 2.24) is 4.90 Å². The zero-order valence-electron chi connectivity index (χ0n) is 27.6. The summed E-state index contributed by atoms with van der Waals surface area (Å²) in [4.78, 5) is 29.0. The molecule has 0 aliphatic carbocycles. The summed E-state index contributed by atoms with van der Waals surface area (Å²) < 4.78 is 36.2. The van der Waals surface area contributed by atoms with Crippen molar-refractivity contribution in [2.45, 2.75) is 70.1 Å². The highest BCUT2D eigenvalue weighted by atomic mass is 35.5. The van der Waals surface area contributed by atoms with E-state index in [2.05, 4.69) is 19.6 Å². The summed E-state index contributed by atoms with van der Waals surface area (Å²) in [5.41, 5.74) is -1.08. The largest absolute Gasteiger partial charge is 0.481 e. The van der Waals surface area contributed by atoms with Gasteiger partial charge in [0.15, 0.2) is 14.0 Å². The number of aliphatic carboxylic acids is 1. The quantitative estimate of drug-likeness (QED) is 0.201. The van der Waals surface area contributed by atoms with Crippen LogP contribution in [0.5, 0.6) is 0 Å². The van der Waals surface area contributed by atoms with Gasteiger partial charge in [0.1, 0.15) is 5.82 Å². The van der Waals surface area contributed by atoms with Crippen LogP contribution in [0.25, 0.3) is 0 Å². The summed E-state index contributed by atoms with van der Waals surface area (Å²) in [5.74, 6) is -3.42. The van der Waals surface area contributed by atoms with E-state index in [9.17, 15) is 14.7 Å². The second kappa shape index (κ2) is 13.6. The van der Waals surface area contributed by atoms with Crippen LogP contribution in [0.15, 0.2) is 60.7 Å². The highest BCUT2D eigenvalue weighted by Crippen LogP contribution is 2.54. The van der Waals surface area contributed by atoms with Crippen LogP contribution in [0.2, 0.25) is 29.7 Å². The molecule has 1 fully saturated rings. The lowest BCUT2D eigenvalue weighted by Gasteiger charge is -2.46. The minimum absolute atomic E-state index is 0.0117. The molecule has 47 heavy (non-hydrogen) atoms. The maximum absolute atomic E-state index is 17.2. The van der Waals surface area contributed by atoms with E-state index >= 15 is 4.39 Å². The number of nitrogens with zero attached hydrogens (tertiary/aromatic N) is 1. The summed E-state index contributed by atoms with van der Waals surface area (Å²) in [7, 11) is -0.816. The van der Waals surface area contributed by atoms with E-state index in [1.54, 1.807) is 54.6 Å². The molecule has 0 saturated carbocycles. The third-order valence-electron chi connectivity index (χ3n) is 9.48. The highest BCUT2D eigenvalue weighted by Gasteiger charge is 2.58. The molecule has 0 aromatic heterocycles. The average molecular weight is 703 g/mol. The van der Waals surface area contributed by atoms with Gasteiger partial charge >= 0.3 is 5.97 Å². The molecule has 0 spiro atoms. The molecule has 1 saturated heterocycles. The average Bonchev–Trinajstić information content (AvgIpc) is 3.29. The molecule has 1 N–H and O–H groups in total. The molecule has 252 valence electrons. The zero-order valence-corrected chi connectivity index (χ0v) is 30.1. The monoisotopic (exact) mass is 701 g/mol. The number of carbonyl (C=O) groups is 2. The fraction of sp³-hybridized carbons (Fsp3) is 0.444. The van der Waals surface area contributed by atoms with Gasteiger partial charge in [0, 0.05) is 35.9 Å². The number of hydrogen-bond donors (Lipinski definition) is 1. The van der Waals surface area contributed by atoms with Crippen LogP contribution in [0.4, 0.5) is 4.39 Å². The summed E-state index contributed by atoms with van der Waals surface area (Å²) >= 11 is 12.5. The van der Waals surface area contributed by atoms with Crippen LogP contribution in [-0.2, 0) is 30.0 Å². The first-order chi connectivity index (χ1) is 22.2. The van der Waals surface area contributed by atoms with E-state index in [-0.39, 0.29) is 17.0 Å². The first-order valence-corrected chi connectivity index (χ1v) is 20.1. The van der Waals surface area contributed by atoms with Gasteiger partial charge in [-0.2, -0.15) is 0 Å². The summed E-state index contributed by atoms with van der Waals surface area (Å²) in [6.07, 6.45) is 2.03. The second-order valence-corrected chi connectivity index (χ2v) is 18.7. The minimum atomic E-state index is -2.21. The number of fused-ring (bicyclic) bond motifs is 1. The molecule has 3 aromatic rings. The second-order valence-electron chi connectivity index (χ2n) is 13.4. The first-order valence-electron chi connectivity index (χ1n) is 16.0. The molecule has 1 amide bonds. The molecule has 3 aromatic carbocycles. The molecule has 1 unspecified atom stereocenters. The van der Waals surface area contributed by atoms with Gasteiger partial charge in [0.05, 0.1) is 28.7 Å². The molecule has 2 aliphatic rings. The van der Waals surface area contributed by atoms with E-state index in [4.69, 9.17) is 37.1 Å². The van der Waals surface area contributed by atoms with E-state index in [0.717, 1.165) is 12.8 Å². The minimum Gasteiger partial charge on any atom is -0.481 e. The van der Waals surface area contributed by atoms with Gasteiger partial charge in [0.25, 0.3) is 5.91 Å². The normalized spacial score (nSPS) is 21.3. The Morgan fingerprint density at radius 2 is 1.66 bits per heavy atom. The van der Waals surface area contributed by atoms with Crippen LogP contribution < -0.4 is 0 Å². The van der Waals surface area contributed by atoms with E-state index in [1.165, 1.54) is 25.0 Å². The summed E-state index contributed by atoms with van der Waals surface area (Å²) in [6.45, 7) is 11.0. The number of carboxylic acid groups (broad SMARTS) is 1. The van der Waals surface area contributed by atoms with Crippen molar-refractivity contribution in [1.29, 1.82) is 0 Å². The standard InChI is InChI=1S/C36H42Cl2FNO6Si/c1-7-35(46-47(4,5)6,24-16-18-45-19-17-24)26-20-29-31(30(39)21-26)36(44-3,25-10-14-28(38)15-11-25)40(33(29)41)32(22(2)34(42)43)23-8-12-27(37)13-9-23/h8-15,20-22,24,32H,7,16-19H2,1-6H3,(H,42,43)/t22-,32-,35?,36+/m0/s1.